The topological polar surface area (TPSA) is 64.0 Å². The predicted molar refractivity (Wildman–Crippen MR) is 79.4 cm³/mol. The Bertz CT molecular complexity index is 601. The van der Waals surface area contributed by atoms with Crippen molar-refractivity contribution in [3.8, 4) is 6.01 Å². The van der Waals surface area contributed by atoms with Crippen molar-refractivity contribution < 1.29 is 4.74 Å². The molecule has 0 amide bonds. The van der Waals surface area contributed by atoms with Crippen molar-refractivity contribution in [2.75, 3.05) is 18.0 Å². The molecule has 0 saturated carbocycles. The molecule has 1 saturated heterocycles. The van der Waals surface area contributed by atoms with E-state index in [1.54, 1.807) is 18.6 Å². The summed E-state index contributed by atoms with van der Waals surface area (Å²) < 4.78 is 5.87. The van der Waals surface area contributed by atoms with Crippen LogP contribution in [0, 0.1) is 13.8 Å². The Morgan fingerprint density at radius 1 is 1.19 bits per heavy atom. The number of rotatable bonds is 3. The minimum absolute atomic E-state index is 0.0746. The van der Waals surface area contributed by atoms with Crippen LogP contribution in [0.4, 0.5) is 5.95 Å². The van der Waals surface area contributed by atoms with E-state index in [0.717, 1.165) is 43.1 Å². The van der Waals surface area contributed by atoms with Gasteiger partial charge in [0, 0.05) is 30.8 Å². The number of aromatic nitrogens is 4. The molecule has 3 heterocycles. The molecule has 21 heavy (non-hydrogen) atoms. The summed E-state index contributed by atoms with van der Waals surface area (Å²) in [5.74, 6) is 0.771. The second-order valence-electron chi connectivity index (χ2n) is 5.37. The van der Waals surface area contributed by atoms with E-state index in [-0.39, 0.29) is 6.10 Å². The van der Waals surface area contributed by atoms with Crippen molar-refractivity contribution in [3.05, 3.63) is 35.9 Å². The standard InChI is InChI=1S/C15H19N5O/c1-11-8-17-15(18-9-11)21-13-4-3-7-20(10-13)14-16-6-5-12(2)19-14/h5-6,8-9,13H,3-4,7,10H2,1-2H3. The zero-order chi connectivity index (χ0) is 14.7. The normalized spacial score (nSPS) is 18.6. The van der Waals surface area contributed by atoms with E-state index in [0.29, 0.717) is 6.01 Å². The number of aryl methyl sites for hydroxylation is 2. The van der Waals surface area contributed by atoms with Crippen LogP contribution in [0.25, 0.3) is 0 Å². The first-order chi connectivity index (χ1) is 10.2. The molecule has 0 bridgehead atoms. The number of hydrogen-bond acceptors (Lipinski definition) is 6. The highest BCUT2D eigenvalue weighted by atomic mass is 16.5. The number of ether oxygens (including phenoxy) is 1. The molecule has 0 N–H and O–H groups in total. The first-order valence-corrected chi connectivity index (χ1v) is 7.20. The minimum atomic E-state index is 0.0746. The van der Waals surface area contributed by atoms with Crippen LogP contribution in [0.5, 0.6) is 6.01 Å². The van der Waals surface area contributed by atoms with E-state index in [1.165, 1.54) is 0 Å². The lowest BCUT2D eigenvalue weighted by Gasteiger charge is -2.32. The molecule has 0 aliphatic carbocycles. The summed E-state index contributed by atoms with van der Waals surface area (Å²) in [4.78, 5) is 19.4. The van der Waals surface area contributed by atoms with Crippen LogP contribution in [0.3, 0.4) is 0 Å². The van der Waals surface area contributed by atoms with Crippen LogP contribution in [0.15, 0.2) is 24.7 Å². The van der Waals surface area contributed by atoms with Crippen molar-refractivity contribution in [3.63, 3.8) is 0 Å². The third-order valence-corrected chi connectivity index (χ3v) is 3.47. The Kier molecular flexibility index (Phi) is 3.94. The number of hydrogen-bond donors (Lipinski definition) is 0. The van der Waals surface area contributed by atoms with Crippen LogP contribution < -0.4 is 9.64 Å². The molecule has 0 spiro atoms. The molecule has 2 aromatic rings. The molecule has 1 fully saturated rings. The number of piperidine rings is 1. The van der Waals surface area contributed by atoms with E-state index >= 15 is 0 Å². The second kappa shape index (κ2) is 6.03. The molecule has 6 nitrogen and oxygen atoms in total. The molecule has 0 aromatic carbocycles. The Morgan fingerprint density at radius 2 is 2.00 bits per heavy atom. The van der Waals surface area contributed by atoms with Gasteiger partial charge in [0.2, 0.25) is 5.95 Å². The maximum Gasteiger partial charge on any atom is 0.316 e. The fraction of sp³-hybridized carbons (Fsp3) is 0.467. The van der Waals surface area contributed by atoms with E-state index in [1.807, 2.05) is 19.9 Å². The van der Waals surface area contributed by atoms with Crippen molar-refractivity contribution in [1.82, 2.24) is 19.9 Å². The lowest BCUT2D eigenvalue weighted by molar-refractivity contribution is 0.164. The zero-order valence-electron chi connectivity index (χ0n) is 12.4. The summed E-state index contributed by atoms with van der Waals surface area (Å²) in [6.07, 6.45) is 7.46. The van der Waals surface area contributed by atoms with Gasteiger partial charge in [-0.15, -0.1) is 0 Å². The van der Waals surface area contributed by atoms with Gasteiger partial charge in [-0.25, -0.2) is 19.9 Å². The van der Waals surface area contributed by atoms with Crippen LogP contribution in [-0.4, -0.2) is 39.1 Å². The van der Waals surface area contributed by atoms with Gasteiger partial charge in [0.15, 0.2) is 0 Å². The van der Waals surface area contributed by atoms with Gasteiger partial charge in [0.25, 0.3) is 0 Å². The molecule has 6 heteroatoms. The van der Waals surface area contributed by atoms with Crippen molar-refractivity contribution in [2.24, 2.45) is 0 Å². The maximum atomic E-state index is 5.87. The van der Waals surface area contributed by atoms with Crippen molar-refractivity contribution in [2.45, 2.75) is 32.8 Å². The average molecular weight is 285 g/mol. The van der Waals surface area contributed by atoms with Gasteiger partial charge >= 0.3 is 6.01 Å². The molecular formula is C15H19N5O. The summed E-state index contributed by atoms with van der Waals surface area (Å²) in [6, 6.07) is 2.35. The van der Waals surface area contributed by atoms with Crippen molar-refractivity contribution in [1.29, 1.82) is 0 Å². The van der Waals surface area contributed by atoms with E-state index in [2.05, 4.69) is 24.8 Å². The van der Waals surface area contributed by atoms with Gasteiger partial charge < -0.3 is 9.64 Å². The smallest absolute Gasteiger partial charge is 0.316 e. The molecule has 1 aliphatic rings. The van der Waals surface area contributed by atoms with Gasteiger partial charge in [-0.1, -0.05) is 0 Å². The molecule has 110 valence electrons. The number of nitrogens with zero attached hydrogens (tertiary/aromatic N) is 5. The maximum absolute atomic E-state index is 5.87. The Morgan fingerprint density at radius 3 is 2.76 bits per heavy atom. The third kappa shape index (κ3) is 3.45. The van der Waals surface area contributed by atoms with E-state index < -0.39 is 0 Å². The van der Waals surface area contributed by atoms with Crippen LogP contribution in [-0.2, 0) is 0 Å². The lowest BCUT2D eigenvalue weighted by Crippen LogP contribution is -2.42. The Labute approximate surface area is 124 Å². The highest BCUT2D eigenvalue weighted by molar-refractivity contribution is 5.31. The Balaban J connectivity index is 1.67. The van der Waals surface area contributed by atoms with Crippen LogP contribution in [0.2, 0.25) is 0 Å². The SMILES string of the molecule is Cc1cnc(OC2CCCN(c3nccc(C)n3)C2)nc1. The van der Waals surface area contributed by atoms with Crippen LogP contribution in [0.1, 0.15) is 24.1 Å². The first kappa shape index (κ1) is 13.7. The summed E-state index contributed by atoms with van der Waals surface area (Å²) >= 11 is 0. The van der Waals surface area contributed by atoms with Crippen molar-refractivity contribution >= 4 is 5.95 Å². The first-order valence-electron chi connectivity index (χ1n) is 7.20. The predicted octanol–water partition coefficient (Wildman–Crippen LogP) is 1.93. The molecule has 3 rings (SSSR count). The fourth-order valence-electron chi connectivity index (χ4n) is 2.39. The van der Waals surface area contributed by atoms with Gasteiger partial charge in [0.1, 0.15) is 6.10 Å². The van der Waals surface area contributed by atoms with Gasteiger partial charge in [0.05, 0.1) is 6.54 Å². The highest BCUT2D eigenvalue weighted by Crippen LogP contribution is 2.19. The summed E-state index contributed by atoms with van der Waals surface area (Å²) in [5, 5.41) is 0. The van der Waals surface area contributed by atoms with Crippen LogP contribution >= 0.6 is 0 Å². The zero-order valence-corrected chi connectivity index (χ0v) is 12.4. The third-order valence-electron chi connectivity index (χ3n) is 3.47. The van der Waals surface area contributed by atoms with Gasteiger partial charge in [-0.05, 0) is 38.3 Å². The number of anilines is 1. The lowest BCUT2D eigenvalue weighted by atomic mass is 10.1. The summed E-state index contributed by atoms with van der Waals surface area (Å²) in [7, 11) is 0. The quantitative estimate of drug-likeness (QED) is 0.858. The molecule has 1 unspecified atom stereocenters. The van der Waals surface area contributed by atoms with Gasteiger partial charge in [-0.3, -0.25) is 0 Å². The molecule has 1 atom stereocenters. The fourth-order valence-corrected chi connectivity index (χ4v) is 2.39. The highest BCUT2D eigenvalue weighted by Gasteiger charge is 2.23. The Hall–Kier alpha value is -2.24. The summed E-state index contributed by atoms with van der Waals surface area (Å²) in [6.45, 7) is 5.66. The van der Waals surface area contributed by atoms with E-state index in [9.17, 15) is 0 Å². The summed E-state index contributed by atoms with van der Waals surface area (Å²) in [5.41, 5.74) is 2.01. The molecular weight excluding hydrogens is 266 g/mol. The van der Waals surface area contributed by atoms with Gasteiger partial charge in [-0.2, -0.15) is 0 Å². The van der Waals surface area contributed by atoms with E-state index in [4.69, 9.17) is 4.74 Å². The average Bonchev–Trinajstić information content (AvgIpc) is 2.50. The molecule has 1 aliphatic heterocycles. The monoisotopic (exact) mass is 285 g/mol. The second-order valence-corrected chi connectivity index (χ2v) is 5.37. The minimum Gasteiger partial charge on any atom is -0.458 e. The molecule has 2 aromatic heterocycles. The largest absolute Gasteiger partial charge is 0.458 e. The molecule has 0 radical (unpaired) electrons.